The molecule has 0 bridgehead atoms. The highest BCUT2D eigenvalue weighted by atomic mass is 16.3. The van der Waals surface area contributed by atoms with Crippen molar-refractivity contribution in [1.82, 2.24) is 10.2 Å². The number of amides is 3. The van der Waals surface area contributed by atoms with Gasteiger partial charge in [-0.1, -0.05) is 0 Å². The van der Waals surface area contributed by atoms with Gasteiger partial charge in [-0.25, -0.2) is 4.79 Å². The summed E-state index contributed by atoms with van der Waals surface area (Å²) in [7, 11) is 6.19. The fourth-order valence-corrected chi connectivity index (χ4v) is 7.03. The summed E-state index contributed by atoms with van der Waals surface area (Å²) in [6, 6.07) is 0.811. The Kier molecular flexibility index (Phi) is 6.73. The molecule has 2 saturated carbocycles. The van der Waals surface area contributed by atoms with E-state index >= 15 is 0 Å². The lowest BCUT2D eigenvalue weighted by atomic mass is 9.42. The van der Waals surface area contributed by atoms with E-state index in [0.29, 0.717) is 5.69 Å². The van der Waals surface area contributed by atoms with Crippen molar-refractivity contribution in [2.45, 2.75) is 36.5 Å². The predicted molar refractivity (Wildman–Crippen MR) is 142 cm³/mol. The number of aromatic hydroxyl groups is 1. The minimum atomic E-state index is -2.83. The van der Waals surface area contributed by atoms with E-state index < -0.39 is 81.6 Å². The van der Waals surface area contributed by atoms with E-state index in [1.807, 2.05) is 0 Å². The molecule has 3 aliphatic carbocycles. The summed E-state index contributed by atoms with van der Waals surface area (Å²) >= 11 is 0. The summed E-state index contributed by atoms with van der Waals surface area (Å²) in [5, 5.41) is 23.9. The zero-order valence-corrected chi connectivity index (χ0v) is 23.0. The molecule has 0 heterocycles. The number of carbonyl (C=O) groups is 6. The van der Waals surface area contributed by atoms with Crippen LogP contribution < -0.4 is 33.2 Å². The average molecular weight is 569 g/mol. The van der Waals surface area contributed by atoms with Gasteiger partial charge in [-0.2, -0.15) is 5.26 Å². The van der Waals surface area contributed by atoms with Crippen LogP contribution in [0.4, 0.5) is 10.5 Å². The number of anilines is 1. The Labute approximate surface area is 234 Å². The summed E-state index contributed by atoms with van der Waals surface area (Å²) in [5.41, 5.74) is 17.8. The molecule has 41 heavy (non-hydrogen) atoms. The molecule has 15 nitrogen and oxygen atoms in total. The van der Waals surface area contributed by atoms with Gasteiger partial charge in [0.2, 0.25) is 5.91 Å². The first-order valence-electron chi connectivity index (χ1n) is 12.6. The molecule has 218 valence electrons. The second kappa shape index (κ2) is 9.33. The number of likely N-dealkylation sites (N-methyl/N-ethyl adjacent to an activating group) is 1. The first kappa shape index (κ1) is 29.6. The smallest absolute Gasteiger partial charge is 0.312 e. The van der Waals surface area contributed by atoms with E-state index in [1.165, 1.54) is 25.1 Å². The van der Waals surface area contributed by atoms with Crippen molar-refractivity contribution in [3.05, 3.63) is 22.8 Å². The molecule has 0 saturated heterocycles. The molecule has 2 unspecified atom stereocenters. The molecule has 4 rings (SSSR count). The summed E-state index contributed by atoms with van der Waals surface area (Å²) < 4.78 is 0. The van der Waals surface area contributed by atoms with E-state index in [-0.39, 0.29) is 29.7 Å². The number of hydrogen-bond donors (Lipinski definition) is 6. The van der Waals surface area contributed by atoms with Gasteiger partial charge in [0.1, 0.15) is 11.7 Å². The Bertz CT molecular complexity index is 1480. The third kappa shape index (κ3) is 3.75. The maximum absolute atomic E-state index is 14.4. The maximum atomic E-state index is 14.4. The molecule has 6 atom stereocenters. The third-order valence-electron chi connectivity index (χ3n) is 8.58. The van der Waals surface area contributed by atoms with E-state index in [0.717, 1.165) is 0 Å². The number of nitrogens with one attached hydrogen (secondary N) is 1. The highest BCUT2D eigenvalue weighted by Gasteiger charge is 2.78. The zero-order valence-electron chi connectivity index (χ0n) is 23.0. The Morgan fingerprint density at radius 1 is 1.12 bits per heavy atom. The number of ketones is 4. The first-order chi connectivity index (χ1) is 18.9. The number of urea groups is 1. The SMILES string of the molecule is CN(C)c1cc(CNC(N)=O)c(O)c2c1C[C@@]1(N)C[C@@]3(N)[C@H](N(C)C)C(=O)C(C(N)=O)C(=O)[C@@]3(C#N)C(=O)C1C2=O. The van der Waals surface area contributed by atoms with Crippen molar-refractivity contribution in [1.29, 1.82) is 5.26 Å². The molecule has 0 radical (unpaired) electrons. The van der Waals surface area contributed by atoms with Gasteiger partial charge in [-0.3, -0.25) is 28.9 Å². The minimum Gasteiger partial charge on any atom is -0.507 e. The normalized spacial score (nSPS) is 32.5. The second-order valence-electron chi connectivity index (χ2n) is 11.5. The molecule has 2 fully saturated rings. The van der Waals surface area contributed by atoms with Crippen molar-refractivity contribution in [3.8, 4) is 11.8 Å². The number of phenolic OH excluding ortho intramolecular Hbond substituents is 1. The Morgan fingerprint density at radius 3 is 2.22 bits per heavy atom. The van der Waals surface area contributed by atoms with Crippen molar-refractivity contribution < 1.29 is 33.9 Å². The van der Waals surface area contributed by atoms with Crippen molar-refractivity contribution in [2.24, 2.45) is 40.2 Å². The van der Waals surface area contributed by atoms with Crippen molar-refractivity contribution in [3.63, 3.8) is 0 Å². The van der Waals surface area contributed by atoms with Gasteiger partial charge in [0.25, 0.3) is 0 Å². The number of phenols is 1. The van der Waals surface area contributed by atoms with Gasteiger partial charge in [0.15, 0.2) is 34.5 Å². The maximum Gasteiger partial charge on any atom is 0.312 e. The van der Waals surface area contributed by atoms with Crippen LogP contribution in [0, 0.1) is 28.6 Å². The van der Waals surface area contributed by atoms with E-state index in [4.69, 9.17) is 22.9 Å². The summed E-state index contributed by atoms with van der Waals surface area (Å²) in [6.45, 7) is -0.256. The van der Waals surface area contributed by atoms with Gasteiger partial charge in [0, 0.05) is 37.4 Å². The standard InChI is InChI=1S/C26H32N8O7/c1-33(2)12-5-10(7-32-23(29)41)16(35)13-11(12)6-24(30)8-26(31)19(34(3)4)18(37)14(22(28)40)20(38)25(26,9-27)21(39)15(24)17(13)36/h5,14-15,19,35H,6-8,30-31H2,1-4H3,(H2,28,40)(H3,29,32,41)/t14?,15?,19-,24-,25+,26-/m1/s1. The molecule has 0 spiro atoms. The molecule has 0 aliphatic heterocycles. The van der Waals surface area contributed by atoms with Crippen LogP contribution in [0.1, 0.15) is 27.9 Å². The third-order valence-corrected chi connectivity index (χ3v) is 8.58. The monoisotopic (exact) mass is 568 g/mol. The number of benzene rings is 1. The summed E-state index contributed by atoms with van der Waals surface area (Å²) in [4.78, 5) is 82.3. The van der Waals surface area contributed by atoms with Crippen LogP contribution in [0.25, 0.3) is 0 Å². The van der Waals surface area contributed by atoms with Crippen LogP contribution >= 0.6 is 0 Å². The van der Waals surface area contributed by atoms with Crippen LogP contribution in [0.3, 0.4) is 0 Å². The Morgan fingerprint density at radius 2 is 1.73 bits per heavy atom. The number of carbonyl (C=O) groups excluding carboxylic acids is 6. The average Bonchev–Trinajstić information content (AvgIpc) is 2.81. The van der Waals surface area contributed by atoms with Crippen molar-refractivity contribution in [2.75, 3.05) is 33.1 Å². The molecule has 1 aromatic rings. The molecule has 1 aromatic carbocycles. The lowest BCUT2D eigenvalue weighted by molar-refractivity contribution is -0.166. The zero-order chi connectivity index (χ0) is 31.0. The van der Waals surface area contributed by atoms with Crippen LogP contribution in [0.2, 0.25) is 0 Å². The number of fused-ring (bicyclic) bond motifs is 3. The molecule has 15 heteroatoms. The van der Waals surface area contributed by atoms with Crippen LogP contribution in [-0.4, -0.2) is 90.4 Å². The van der Waals surface area contributed by atoms with Crippen LogP contribution in [-0.2, 0) is 32.1 Å². The fourth-order valence-electron chi connectivity index (χ4n) is 7.03. The van der Waals surface area contributed by atoms with Gasteiger partial charge >= 0.3 is 6.03 Å². The fraction of sp³-hybridized carbons (Fsp3) is 0.500. The number of nitrogens with two attached hydrogens (primary N) is 4. The molecular weight excluding hydrogens is 536 g/mol. The minimum absolute atomic E-state index is 0.108. The predicted octanol–water partition coefficient (Wildman–Crippen LogP) is -2.96. The van der Waals surface area contributed by atoms with Crippen molar-refractivity contribution >= 4 is 40.8 Å². The van der Waals surface area contributed by atoms with Crippen LogP contribution in [0.15, 0.2) is 6.07 Å². The van der Waals surface area contributed by atoms with E-state index in [9.17, 15) is 39.1 Å². The lowest BCUT2D eigenvalue weighted by Crippen LogP contribution is -2.85. The highest BCUT2D eigenvalue weighted by molar-refractivity contribution is 6.33. The topological polar surface area (TPSA) is 269 Å². The van der Waals surface area contributed by atoms with Crippen LogP contribution in [0.5, 0.6) is 5.75 Å². The molecule has 3 aliphatic rings. The number of nitriles is 1. The molecule has 10 N–H and O–H groups in total. The van der Waals surface area contributed by atoms with Gasteiger partial charge in [0.05, 0.1) is 23.2 Å². The lowest BCUT2D eigenvalue weighted by Gasteiger charge is -2.60. The number of hydrogen-bond acceptors (Lipinski definition) is 12. The first-order valence-corrected chi connectivity index (χ1v) is 12.6. The number of rotatable bonds is 5. The van der Waals surface area contributed by atoms with Gasteiger partial charge < -0.3 is 38.3 Å². The second-order valence-corrected chi connectivity index (χ2v) is 11.5. The molecule has 0 aromatic heterocycles. The number of primary amides is 2. The highest BCUT2D eigenvalue weighted by Crippen LogP contribution is 2.57. The Balaban J connectivity index is 2.02. The van der Waals surface area contributed by atoms with Gasteiger partial charge in [-0.15, -0.1) is 0 Å². The van der Waals surface area contributed by atoms with E-state index in [1.54, 1.807) is 25.1 Å². The Hall–Kier alpha value is -4.39. The quantitative estimate of drug-likeness (QED) is 0.195. The summed E-state index contributed by atoms with van der Waals surface area (Å²) in [6.07, 6.45) is -0.725. The molecule has 3 amide bonds. The number of Topliss-reactive ketones (excluding diaryl/α,β-unsaturated/α-hetero) is 4. The molecular formula is C26H32N8O7. The number of nitrogens with zero attached hydrogens (tertiary/aromatic N) is 3. The van der Waals surface area contributed by atoms with E-state index in [2.05, 4.69) is 5.32 Å². The largest absolute Gasteiger partial charge is 0.507 e. The summed E-state index contributed by atoms with van der Waals surface area (Å²) in [5.74, 6) is -10.5. The van der Waals surface area contributed by atoms with Gasteiger partial charge in [-0.05, 0) is 38.6 Å².